The Morgan fingerprint density at radius 2 is 1.80 bits per heavy atom. The monoisotopic (exact) mass is 308 g/mol. The Bertz CT molecular complexity index is 612. The molecular formula is C15H14Cl2N2O. The second-order valence-electron chi connectivity index (χ2n) is 4.37. The third-order valence-electron chi connectivity index (χ3n) is 2.85. The van der Waals surface area contributed by atoms with Gasteiger partial charge in [-0.1, -0.05) is 35.3 Å². The van der Waals surface area contributed by atoms with E-state index in [4.69, 9.17) is 28.9 Å². The van der Waals surface area contributed by atoms with E-state index in [1.165, 1.54) is 0 Å². The summed E-state index contributed by atoms with van der Waals surface area (Å²) in [6.07, 6.45) is 0.732. The van der Waals surface area contributed by atoms with Crippen LogP contribution in [0.15, 0.2) is 42.5 Å². The molecule has 5 heteroatoms. The second-order valence-corrected chi connectivity index (χ2v) is 5.22. The molecule has 3 N–H and O–H groups in total. The van der Waals surface area contributed by atoms with Crippen molar-refractivity contribution in [2.75, 3.05) is 12.3 Å². The van der Waals surface area contributed by atoms with Crippen LogP contribution in [0, 0.1) is 0 Å². The van der Waals surface area contributed by atoms with Gasteiger partial charge in [0.2, 0.25) is 0 Å². The van der Waals surface area contributed by atoms with Gasteiger partial charge < -0.3 is 11.1 Å². The van der Waals surface area contributed by atoms with Crippen LogP contribution in [-0.4, -0.2) is 12.5 Å². The minimum atomic E-state index is -0.205. The molecular weight excluding hydrogens is 295 g/mol. The topological polar surface area (TPSA) is 55.1 Å². The molecule has 104 valence electrons. The Kier molecular flexibility index (Phi) is 4.88. The summed E-state index contributed by atoms with van der Waals surface area (Å²) in [4.78, 5) is 12.0. The van der Waals surface area contributed by atoms with E-state index in [9.17, 15) is 4.79 Å². The number of nitrogen functional groups attached to an aromatic ring is 1. The number of halogens is 2. The van der Waals surface area contributed by atoms with Crippen molar-refractivity contribution in [2.45, 2.75) is 6.42 Å². The lowest BCUT2D eigenvalue weighted by molar-refractivity contribution is 0.0954. The van der Waals surface area contributed by atoms with Crippen LogP contribution in [0.3, 0.4) is 0 Å². The van der Waals surface area contributed by atoms with Crippen molar-refractivity contribution < 1.29 is 4.79 Å². The van der Waals surface area contributed by atoms with E-state index in [1.807, 2.05) is 24.3 Å². The zero-order valence-electron chi connectivity index (χ0n) is 10.7. The molecule has 0 radical (unpaired) electrons. The Morgan fingerprint density at radius 3 is 2.45 bits per heavy atom. The van der Waals surface area contributed by atoms with E-state index in [1.54, 1.807) is 18.2 Å². The van der Waals surface area contributed by atoms with Gasteiger partial charge in [0, 0.05) is 17.3 Å². The maximum Gasteiger partial charge on any atom is 0.252 e. The van der Waals surface area contributed by atoms with E-state index >= 15 is 0 Å². The summed E-state index contributed by atoms with van der Waals surface area (Å²) in [6, 6.07) is 12.4. The number of anilines is 1. The van der Waals surface area contributed by atoms with Gasteiger partial charge in [0.15, 0.2) is 0 Å². The summed E-state index contributed by atoms with van der Waals surface area (Å²) in [7, 11) is 0. The molecule has 0 spiro atoms. The highest BCUT2D eigenvalue weighted by Crippen LogP contribution is 2.18. The van der Waals surface area contributed by atoms with Gasteiger partial charge in [0.25, 0.3) is 5.91 Å². The maximum atomic E-state index is 12.0. The van der Waals surface area contributed by atoms with Crippen LogP contribution in [-0.2, 0) is 6.42 Å². The number of nitrogens with one attached hydrogen (secondary N) is 1. The van der Waals surface area contributed by atoms with Crippen molar-refractivity contribution >= 4 is 34.8 Å². The molecule has 0 bridgehead atoms. The highest BCUT2D eigenvalue weighted by Gasteiger charge is 2.09. The summed E-state index contributed by atoms with van der Waals surface area (Å²) in [5, 5.41) is 3.88. The Morgan fingerprint density at radius 1 is 1.10 bits per heavy atom. The number of rotatable bonds is 4. The number of nitrogens with two attached hydrogens (primary N) is 1. The molecule has 0 atom stereocenters. The minimum absolute atomic E-state index is 0.205. The van der Waals surface area contributed by atoms with E-state index < -0.39 is 0 Å². The number of carbonyl (C=O) groups is 1. The van der Waals surface area contributed by atoms with Gasteiger partial charge in [-0.25, -0.2) is 0 Å². The van der Waals surface area contributed by atoms with Crippen molar-refractivity contribution in [1.82, 2.24) is 5.32 Å². The van der Waals surface area contributed by atoms with Crippen LogP contribution in [0.4, 0.5) is 5.69 Å². The van der Waals surface area contributed by atoms with Crippen molar-refractivity contribution in [3.8, 4) is 0 Å². The third-order valence-corrected chi connectivity index (χ3v) is 3.41. The summed E-state index contributed by atoms with van der Waals surface area (Å²) in [5.41, 5.74) is 7.66. The molecule has 0 fully saturated rings. The SMILES string of the molecule is Nc1ccc(C(=O)NCCc2ccc(Cl)cc2)c(Cl)c1. The number of hydrogen-bond donors (Lipinski definition) is 2. The van der Waals surface area contributed by atoms with E-state index in [-0.39, 0.29) is 5.91 Å². The first kappa shape index (κ1) is 14.7. The van der Waals surface area contributed by atoms with Gasteiger partial charge in [-0.15, -0.1) is 0 Å². The number of amides is 1. The van der Waals surface area contributed by atoms with Crippen molar-refractivity contribution in [1.29, 1.82) is 0 Å². The number of hydrogen-bond acceptors (Lipinski definition) is 2. The van der Waals surface area contributed by atoms with E-state index in [2.05, 4.69) is 5.32 Å². The first-order chi connectivity index (χ1) is 9.56. The van der Waals surface area contributed by atoms with Crippen LogP contribution >= 0.6 is 23.2 Å². The largest absolute Gasteiger partial charge is 0.399 e. The Hall–Kier alpha value is -1.71. The van der Waals surface area contributed by atoms with Crippen LogP contribution in [0.25, 0.3) is 0 Å². The Balaban J connectivity index is 1.90. The number of benzene rings is 2. The normalized spacial score (nSPS) is 10.3. The molecule has 0 aliphatic carbocycles. The molecule has 0 unspecified atom stereocenters. The number of carbonyl (C=O) groups excluding carboxylic acids is 1. The molecule has 0 heterocycles. The molecule has 0 aliphatic rings. The lowest BCUT2D eigenvalue weighted by Gasteiger charge is -2.07. The molecule has 2 rings (SSSR count). The van der Waals surface area contributed by atoms with E-state index in [0.717, 1.165) is 12.0 Å². The van der Waals surface area contributed by atoms with Crippen molar-refractivity contribution in [3.63, 3.8) is 0 Å². The van der Waals surface area contributed by atoms with Crippen LogP contribution in [0.5, 0.6) is 0 Å². The fourth-order valence-corrected chi connectivity index (χ4v) is 2.18. The van der Waals surface area contributed by atoms with Gasteiger partial charge in [0.1, 0.15) is 0 Å². The summed E-state index contributed by atoms with van der Waals surface area (Å²) in [6.45, 7) is 0.529. The molecule has 0 aromatic heterocycles. The smallest absolute Gasteiger partial charge is 0.252 e. The van der Waals surface area contributed by atoms with Crippen LogP contribution in [0.2, 0.25) is 10.0 Å². The molecule has 2 aromatic rings. The summed E-state index contributed by atoms with van der Waals surface area (Å²) in [5.74, 6) is -0.205. The van der Waals surface area contributed by atoms with Crippen LogP contribution < -0.4 is 11.1 Å². The summed E-state index contributed by atoms with van der Waals surface area (Å²) < 4.78 is 0. The van der Waals surface area contributed by atoms with Gasteiger partial charge in [0.05, 0.1) is 10.6 Å². The highest BCUT2D eigenvalue weighted by molar-refractivity contribution is 6.34. The van der Waals surface area contributed by atoms with Gasteiger partial charge in [-0.2, -0.15) is 0 Å². The molecule has 0 aliphatic heterocycles. The van der Waals surface area contributed by atoms with Gasteiger partial charge in [-0.05, 0) is 42.3 Å². The van der Waals surface area contributed by atoms with E-state index in [0.29, 0.717) is 27.8 Å². The fraction of sp³-hybridized carbons (Fsp3) is 0.133. The predicted molar refractivity (Wildman–Crippen MR) is 83.4 cm³/mol. The minimum Gasteiger partial charge on any atom is -0.399 e. The third kappa shape index (κ3) is 3.89. The average molecular weight is 309 g/mol. The van der Waals surface area contributed by atoms with Crippen LogP contribution in [0.1, 0.15) is 15.9 Å². The highest BCUT2D eigenvalue weighted by atomic mass is 35.5. The average Bonchev–Trinajstić information content (AvgIpc) is 2.41. The van der Waals surface area contributed by atoms with Gasteiger partial charge in [-0.3, -0.25) is 4.79 Å². The predicted octanol–water partition coefficient (Wildman–Crippen LogP) is 3.55. The molecule has 2 aromatic carbocycles. The molecule has 1 amide bonds. The molecule has 0 saturated carbocycles. The quantitative estimate of drug-likeness (QED) is 0.849. The zero-order chi connectivity index (χ0) is 14.5. The fourth-order valence-electron chi connectivity index (χ4n) is 1.78. The lowest BCUT2D eigenvalue weighted by atomic mass is 10.1. The molecule has 20 heavy (non-hydrogen) atoms. The van der Waals surface area contributed by atoms with Crippen molar-refractivity contribution in [2.24, 2.45) is 0 Å². The zero-order valence-corrected chi connectivity index (χ0v) is 12.2. The summed E-state index contributed by atoms with van der Waals surface area (Å²) >= 11 is 11.8. The maximum absolute atomic E-state index is 12.0. The molecule has 0 saturated heterocycles. The first-order valence-electron chi connectivity index (χ1n) is 6.14. The lowest BCUT2D eigenvalue weighted by Crippen LogP contribution is -2.26. The molecule has 3 nitrogen and oxygen atoms in total. The first-order valence-corrected chi connectivity index (χ1v) is 6.89. The second kappa shape index (κ2) is 6.64. The Labute approximate surface area is 127 Å². The standard InChI is InChI=1S/C15H14Cl2N2O/c16-11-3-1-10(2-4-11)7-8-19-15(20)13-6-5-12(18)9-14(13)17/h1-6,9H,7-8,18H2,(H,19,20). The van der Waals surface area contributed by atoms with Crippen molar-refractivity contribution in [3.05, 3.63) is 63.6 Å². The van der Waals surface area contributed by atoms with Gasteiger partial charge >= 0.3 is 0 Å².